The molecule has 3 aromatic carbocycles. The number of hydrogen-bond donors (Lipinski definition) is 2. The fraction of sp³-hybridized carbons (Fsp3) is 0.0952. The van der Waals surface area contributed by atoms with Crippen molar-refractivity contribution in [2.24, 2.45) is 0 Å². The molecule has 0 aliphatic rings. The Kier molecular flexibility index (Phi) is 8.13. The van der Waals surface area contributed by atoms with Gasteiger partial charge in [-0.25, -0.2) is 8.42 Å². The number of benzene rings is 3. The van der Waals surface area contributed by atoms with Crippen LogP contribution in [0.1, 0.15) is 5.56 Å². The van der Waals surface area contributed by atoms with Crippen LogP contribution in [0.25, 0.3) is 0 Å². The number of rotatable bonds is 8. The second-order valence-electron chi connectivity index (χ2n) is 6.40. The van der Waals surface area contributed by atoms with E-state index in [9.17, 15) is 13.2 Å². The fourth-order valence-corrected chi connectivity index (χ4v) is 4.97. The first-order valence-electron chi connectivity index (χ1n) is 8.93. The van der Waals surface area contributed by atoms with Crippen LogP contribution in [0, 0.1) is 0 Å². The Balaban J connectivity index is 1.54. The van der Waals surface area contributed by atoms with Crippen molar-refractivity contribution in [3.63, 3.8) is 0 Å². The molecular formula is C21H17Cl3N2O3S2. The van der Waals surface area contributed by atoms with Gasteiger partial charge < -0.3 is 5.32 Å². The zero-order valence-electron chi connectivity index (χ0n) is 15.9. The van der Waals surface area contributed by atoms with Gasteiger partial charge in [0, 0.05) is 11.4 Å². The Morgan fingerprint density at radius 2 is 1.58 bits per heavy atom. The van der Waals surface area contributed by atoms with Crippen LogP contribution < -0.4 is 10.0 Å². The predicted octanol–water partition coefficient (Wildman–Crippen LogP) is 6.32. The molecule has 0 heterocycles. The number of para-hydroxylation sites is 1. The summed E-state index contributed by atoms with van der Waals surface area (Å²) in [5, 5.41) is 4.00. The molecule has 2 N–H and O–H groups in total. The summed E-state index contributed by atoms with van der Waals surface area (Å²) in [6.45, 7) is 0. The standard InChI is InChI=1S/C21H17Cl3N2O3S2/c22-17-10-5-14(11-19(17)24)12-30-13-21(27)25-15-6-8-16(9-7-15)31(28,29)26-20-4-2-1-3-18(20)23/h1-11,26H,12-13H2,(H,25,27). The Bertz CT molecular complexity index is 1190. The van der Waals surface area contributed by atoms with Gasteiger partial charge in [-0.3, -0.25) is 9.52 Å². The molecule has 0 spiro atoms. The summed E-state index contributed by atoms with van der Waals surface area (Å²) in [6, 6.07) is 17.8. The number of carbonyl (C=O) groups is 1. The van der Waals surface area contributed by atoms with Gasteiger partial charge in [0.25, 0.3) is 10.0 Å². The van der Waals surface area contributed by atoms with Crippen molar-refractivity contribution in [2.45, 2.75) is 10.6 Å². The molecule has 162 valence electrons. The highest BCUT2D eigenvalue weighted by molar-refractivity contribution is 7.99. The Labute approximate surface area is 200 Å². The van der Waals surface area contributed by atoms with E-state index < -0.39 is 10.0 Å². The average molecular weight is 516 g/mol. The molecule has 0 atom stereocenters. The monoisotopic (exact) mass is 514 g/mol. The minimum Gasteiger partial charge on any atom is -0.325 e. The van der Waals surface area contributed by atoms with Gasteiger partial charge in [-0.1, -0.05) is 53.0 Å². The third-order valence-corrected chi connectivity index (χ3v) is 7.51. The lowest BCUT2D eigenvalue weighted by Crippen LogP contribution is -2.15. The molecule has 0 saturated carbocycles. The number of anilines is 2. The number of amides is 1. The van der Waals surface area contributed by atoms with Gasteiger partial charge in [-0.2, -0.15) is 0 Å². The van der Waals surface area contributed by atoms with Gasteiger partial charge in [0.1, 0.15) is 0 Å². The van der Waals surface area contributed by atoms with Gasteiger partial charge in [-0.15, -0.1) is 11.8 Å². The lowest BCUT2D eigenvalue weighted by molar-refractivity contribution is -0.113. The molecule has 0 fully saturated rings. The summed E-state index contributed by atoms with van der Waals surface area (Å²) < 4.78 is 27.5. The van der Waals surface area contributed by atoms with Crippen molar-refractivity contribution in [3.05, 3.63) is 87.4 Å². The Morgan fingerprint density at radius 3 is 2.26 bits per heavy atom. The maximum Gasteiger partial charge on any atom is 0.261 e. The van der Waals surface area contributed by atoms with Gasteiger partial charge in [-0.05, 0) is 54.1 Å². The highest BCUT2D eigenvalue weighted by atomic mass is 35.5. The second kappa shape index (κ2) is 10.6. The maximum atomic E-state index is 12.5. The normalized spacial score (nSPS) is 11.2. The topological polar surface area (TPSA) is 75.3 Å². The van der Waals surface area contributed by atoms with E-state index in [4.69, 9.17) is 34.8 Å². The van der Waals surface area contributed by atoms with E-state index in [1.165, 1.54) is 36.0 Å². The van der Waals surface area contributed by atoms with Gasteiger partial charge in [0.15, 0.2) is 0 Å². The summed E-state index contributed by atoms with van der Waals surface area (Å²) >= 11 is 19.3. The van der Waals surface area contributed by atoms with Crippen LogP contribution in [-0.2, 0) is 20.6 Å². The lowest BCUT2D eigenvalue weighted by Gasteiger charge is -2.10. The van der Waals surface area contributed by atoms with Crippen LogP contribution in [-0.4, -0.2) is 20.1 Å². The number of carbonyl (C=O) groups excluding carboxylic acids is 1. The number of sulfonamides is 1. The largest absolute Gasteiger partial charge is 0.325 e. The highest BCUT2D eigenvalue weighted by Crippen LogP contribution is 2.26. The third-order valence-electron chi connectivity index (χ3n) is 4.05. The molecule has 1 amide bonds. The molecule has 0 aliphatic carbocycles. The van der Waals surface area contributed by atoms with Gasteiger partial charge in [0.2, 0.25) is 5.91 Å². The first kappa shape index (κ1) is 23.8. The van der Waals surface area contributed by atoms with E-state index in [1.807, 2.05) is 6.07 Å². The van der Waals surface area contributed by atoms with Crippen molar-refractivity contribution >= 4 is 73.9 Å². The SMILES string of the molecule is O=C(CSCc1ccc(Cl)c(Cl)c1)Nc1ccc(S(=O)(=O)Nc2ccccc2Cl)cc1. The molecule has 0 saturated heterocycles. The molecular weight excluding hydrogens is 499 g/mol. The van der Waals surface area contributed by atoms with E-state index in [-0.39, 0.29) is 16.6 Å². The zero-order chi connectivity index (χ0) is 22.4. The second-order valence-corrected chi connectivity index (χ2v) is 10.3. The number of hydrogen-bond acceptors (Lipinski definition) is 4. The van der Waals surface area contributed by atoms with E-state index >= 15 is 0 Å². The van der Waals surface area contributed by atoms with Gasteiger partial charge >= 0.3 is 0 Å². The number of nitrogens with one attached hydrogen (secondary N) is 2. The molecule has 0 radical (unpaired) electrons. The summed E-state index contributed by atoms with van der Waals surface area (Å²) in [5.74, 6) is 0.638. The van der Waals surface area contributed by atoms with Crippen LogP contribution in [0.2, 0.25) is 15.1 Å². The first-order chi connectivity index (χ1) is 14.7. The molecule has 0 aromatic heterocycles. The number of thioether (sulfide) groups is 1. The molecule has 0 unspecified atom stereocenters. The molecule has 10 heteroatoms. The van der Waals surface area contributed by atoms with E-state index in [2.05, 4.69) is 10.0 Å². The number of halogens is 3. The van der Waals surface area contributed by atoms with Crippen molar-refractivity contribution in [1.29, 1.82) is 0 Å². The van der Waals surface area contributed by atoms with E-state index in [0.717, 1.165) is 5.56 Å². The lowest BCUT2D eigenvalue weighted by atomic mass is 10.2. The summed E-state index contributed by atoms with van der Waals surface area (Å²) in [6.07, 6.45) is 0. The molecule has 31 heavy (non-hydrogen) atoms. The molecule has 3 rings (SSSR count). The molecule has 3 aromatic rings. The highest BCUT2D eigenvalue weighted by Gasteiger charge is 2.15. The first-order valence-corrected chi connectivity index (χ1v) is 12.7. The maximum absolute atomic E-state index is 12.5. The minimum atomic E-state index is -3.80. The third kappa shape index (κ3) is 6.79. The van der Waals surface area contributed by atoms with Crippen LogP contribution in [0.5, 0.6) is 0 Å². The van der Waals surface area contributed by atoms with Crippen LogP contribution >= 0.6 is 46.6 Å². The molecule has 0 bridgehead atoms. The van der Waals surface area contributed by atoms with Gasteiger partial charge in [0.05, 0.1) is 31.4 Å². The van der Waals surface area contributed by atoms with E-state index in [1.54, 1.807) is 36.4 Å². The quantitative estimate of drug-likeness (QED) is 0.368. The minimum absolute atomic E-state index is 0.0550. The summed E-state index contributed by atoms with van der Waals surface area (Å²) in [7, 11) is -3.80. The van der Waals surface area contributed by atoms with E-state index in [0.29, 0.717) is 32.2 Å². The predicted molar refractivity (Wildman–Crippen MR) is 130 cm³/mol. The Hall–Kier alpha value is -1.90. The van der Waals surface area contributed by atoms with Crippen LogP contribution in [0.4, 0.5) is 11.4 Å². The smallest absolute Gasteiger partial charge is 0.261 e. The molecule has 0 aliphatic heterocycles. The van der Waals surface area contributed by atoms with Crippen molar-refractivity contribution in [3.8, 4) is 0 Å². The molecule has 5 nitrogen and oxygen atoms in total. The summed E-state index contributed by atoms with van der Waals surface area (Å²) in [4.78, 5) is 12.2. The van der Waals surface area contributed by atoms with Crippen molar-refractivity contribution in [2.75, 3.05) is 15.8 Å². The average Bonchev–Trinajstić information content (AvgIpc) is 2.73. The van der Waals surface area contributed by atoms with Crippen LogP contribution in [0.15, 0.2) is 71.6 Å². The van der Waals surface area contributed by atoms with Crippen molar-refractivity contribution < 1.29 is 13.2 Å². The Morgan fingerprint density at radius 1 is 0.871 bits per heavy atom. The zero-order valence-corrected chi connectivity index (χ0v) is 19.8. The summed E-state index contributed by atoms with van der Waals surface area (Å²) in [5.41, 5.74) is 1.75. The fourth-order valence-electron chi connectivity index (χ4n) is 2.55. The van der Waals surface area contributed by atoms with Crippen LogP contribution in [0.3, 0.4) is 0 Å². The van der Waals surface area contributed by atoms with Crippen molar-refractivity contribution in [1.82, 2.24) is 0 Å².